The molecule has 0 aliphatic heterocycles. The number of carbonyl (C=O) groups is 2. The molecule has 0 heterocycles. The summed E-state index contributed by atoms with van der Waals surface area (Å²) in [4.78, 5) is 23.6. The van der Waals surface area contributed by atoms with Gasteiger partial charge in [0, 0.05) is 24.7 Å². The van der Waals surface area contributed by atoms with Gasteiger partial charge in [0.25, 0.3) is 5.91 Å². The van der Waals surface area contributed by atoms with Crippen molar-refractivity contribution >= 4 is 11.8 Å². The molecule has 0 aliphatic carbocycles. The van der Waals surface area contributed by atoms with Gasteiger partial charge in [-0.1, -0.05) is 36.9 Å². The van der Waals surface area contributed by atoms with Crippen molar-refractivity contribution in [2.24, 2.45) is 0 Å². The van der Waals surface area contributed by atoms with Gasteiger partial charge in [-0.3, -0.25) is 9.59 Å². The second-order valence-corrected chi connectivity index (χ2v) is 6.51. The maximum atomic E-state index is 13.3. The lowest BCUT2D eigenvalue weighted by atomic mass is 10.1. The molecule has 3 rings (SSSR count). The first kappa shape index (κ1) is 20.8. The first-order valence-corrected chi connectivity index (χ1v) is 9.33. The van der Waals surface area contributed by atoms with E-state index in [4.69, 9.17) is 4.74 Å². The van der Waals surface area contributed by atoms with Gasteiger partial charge in [0.1, 0.15) is 17.3 Å². The molecule has 0 radical (unpaired) electrons. The summed E-state index contributed by atoms with van der Waals surface area (Å²) in [6.45, 7) is 4.08. The van der Waals surface area contributed by atoms with E-state index >= 15 is 0 Å². The third-order valence-corrected chi connectivity index (χ3v) is 4.25. The predicted molar refractivity (Wildman–Crippen MR) is 113 cm³/mol. The summed E-state index contributed by atoms with van der Waals surface area (Å²) < 4.78 is 19.0. The predicted octanol–water partition coefficient (Wildman–Crippen LogP) is 4.35. The van der Waals surface area contributed by atoms with Gasteiger partial charge >= 0.3 is 0 Å². The first-order chi connectivity index (χ1) is 14.5. The molecule has 0 aromatic heterocycles. The topological polar surface area (TPSA) is 67.4 Å². The zero-order valence-electron chi connectivity index (χ0n) is 16.2. The van der Waals surface area contributed by atoms with Gasteiger partial charge in [-0.05, 0) is 53.6 Å². The van der Waals surface area contributed by atoms with Crippen molar-refractivity contribution in [1.29, 1.82) is 0 Å². The Labute approximate surface area is 174 Å². The lowest BCUT2D eigenvalue weighted by Gasteiger charge is -2.09. The molecule has 30 heavy (non-hydrogen) atoms. The number of ether oxygens (including phenoxy) is 1. The molecule has 0 bridgehead atoms. The smallest absolute Gasteiger partial charge is 0.251 e. The van der Waals surface area contributed by atoms with Crippen LogP contribution in [0.1, 0.15) is 21.5 Å². The second kappa shape index (κ2) is 10.0. The minimum Gasteiger partial charge on any atom is -0.457 e. The number of rotatable bonds is 8. The maximum Gasteiger partial charge on any atom is 0.251 e. The van der Waals surface area contributed by atoms with E-state index in [1.807, 2.05) is 12.1 Å². The molecule has 2 amide bonds. The fourth-order valence-electron chi connectivity index (χ4n) is 2.71. The molecule has 5 nitrogen and oxygen atoms in total. The number of hydrogen-bond donors (Lipinski definition) is 2. The van der Waals surface area contributed by atoms with Gasteiger partial charge in [-0.2, -0.15) is 0 Å². The van der Waals surface area contributed by atoms with Crippen molar-refractivity contribution in [2.45, 2.75) is 13.1 Å². The molecule has 0 spiro atoms. The van der Waals surface area contributed by atoms with Crippen LogP contribution in [0, 0.1) is 5.82 Å². The van der Waals surface area contributed by atoms with Crippen LogP contribution < -0.4 is 15.4 Å². The number of nitrogens with one attached hydrogen (secondary N) is 2. The van der Waals surface area contributed by atoms with Gasteiger partial charge in [0.2, 0.25) is 5.91 Å². The zero-order chi connectivity index (χ0) is 21.3. The van der Waals surface area contributed by atoms with Gasteiger partial charge in [0.15, 0.2) is 0 Å². The Morgan fingerprint density at radius 2 is 1.53 bits per heavy atom. The lowest BCUT2D eigenvalue weighted by Crippen LogP contribution is -2.23. The van der Waals surface area contributed by atoms with E-state index in [1.165, 1.54) is 18.2 Å². The van der Waals surface area contributed by atoms with Crippen molar-refractivity contribution in [3.8, 4) is 11.5 Å². The average molecular weight is 404 g/mol. The fourth-order valence-corrected chi connectivity index (χ4v) is 2.71. The van der Waals surface area contributed by atoms with E-state index in [-0.39, 0.29) is 17.6 Å². The highest BCUT2D eigenvalue weighted by Crippen LogP contribution is 2.22. The van der Waals surface area contributed by atoms with E-state index in [2.05, 4.69) is 17.2 Å². The Hall–Kier alpha value is -3.93. The molecule has 3 aromatic rings. The number of benzene rings is 3. The Morgan fingerprint density at radius 3 is 2.23 bits per heavy atom. The average Bonchev–Trinajstić information content (AvgIpc) is 2.76. The summed E-state index contributed by atoms with van der Waals surface area (Å²) in [7, 11) is 0. The molecule has 2 N–H and O–H groups in total. The number of carbonyl (C=O) groups excluding carboxylic acids is 2. The van der Waals surface area contributed by atoms with Crippen LogP contribution in [0.5, 0.6) is 11.5 Å². The monoisotopic (exact) mass is 404 g/mol. The Morgan fingerprint density at radius 1 is 0.867 bits per heavy atom. The van der Waals surface area contributed by atoms with Crippen molar-refractivity contribution < 1.29 is 18.7 Å². The molecule has 3 aromatic carbocycles. The molecule has 0 unspecified atom stereocenters. The van der Waals surface area contributed by atoms with Crippen LogP contribution in [0.15, 0.2) is 85.5 Å². The highest BCUT2D eigenvalue weighted by Gasteiger charge is 2.07. The minimum absolute atomic E-state index is 0.215. The first-order valence-electron chi connectivity index (χ1n) is 9.33. The molecule has 0 aliphatic rings. The van der Waals surface area contributed by atoms with E-state index in [0.29, 0.717) is 30.2 Å². The van der Waals surface area contributed by atoms with Crippen LogP contribution in [-0.2, 0) is 17.9 Å². The highest BCUT2D eigenvalue weighted by atomic mass is 19.1. The van der Waals surface area contributed by atoms with Crippen LogP contribution in [0.3, 0.4) is 0 Å². The van der Waals surface area contributed by atoms with Gasteiger partial charge in [-0.25, -0.2) is 4.39 Å². The molecular formula is C24H21FN2O3. The third kappa shape index (κ3) is 6.04. The summed E-state index contributed by atoms with van der Waals surface area (Å²) in [5, 5.41) is 5.54. The summed E-state index contributed by atoms with van der Waals surface area (Å²) in [6, 6.07) is 20.1. The molecular weight excluding hydrogens is 383 g/mol. The van der Waals surface area contributed by atoms with E-state index in [1.54, 1.807) is 48.5 Å². The molecule has 6 heteroatoms. The molecule has 152 valence electrons. The summed E-state index contributed by atoms with van der Waals surface area (Å²) in [5.74, 6) is 0.123. The van der Waals surface area contributed by atoms with E-state index in [0.717, 1.165) is 11.1 Å². The largest absolute Gasteiger partial charge is 0.457 e. The lowest BCUT2D eigenvalue weighted by molar-refractivity contribution is -0.116. The summed E-state index contributed by atoms with van der Waals surface area (Å²) >= 11 is 0. The maximum absolute atomic E-state index is 13.3. The molecule has 0 fully saturated rings. The highest BCUT2D eigenvalue weighted by molar-refractivity contribution is 5.94. The zero-order valence-corrected chi connectivity index (χ0v) is 16.2. The number of amides is 2. The van der Waals surface area contributed by atoms with Gasteiger partial charge in [0.05, 0.1) is 0 Å². The van der Waals surface area contributed by atoms with Crippen LogP contribution in [0.2, 0.25) is 0 Å². The van der Waals surface area contributed by atoms with Crippen LogP contribution in [-0.4, -0.2) is 11.8 Å². The molecule has 0 saturated heterocycles. The van der Waals surface area contributed by atoms with Gasteiger partial charge < -0.3 is 15.4 Å². The molecule has 0 atom stereocenters. The SMILES string of the molecule is C=CC(=O)NCc1ccc(C(=O)NCc2cccc(Oc3cccc(F)c3)c2)cc1. The van der Waals surface area contributed by atoms with Crippen molar-refractivity contribution in [3.05, 3.63) is 108 Å². The van der Waals surface area contributed by atoms with E-state index < -0.39 is 0 Å². The van der Waals surface area contributed by atoms with Crippen LogP contribution in [0.4, 0.5) is 4.39 Å². The Kier molecular flexibility index (Phi) is 6.95. The van der Waals surface area contributed by atoms with Gasteiger partial charge in [-0.15, -0.1) is 0 Å². The minimum atomic E-state index is -0.370. The van der Waals surface area contributed by atoms with Crippen LogP contribution >= 0.6 is 0 Å². The number of hydrogen-bond acceptors (Lipinski definition) is 3. The van der Waals surface area contributed by atoms with Crippen LogP contribution in [0.25, 0.3) is 0 Å². The van der Waals surface area contributed by atoms with Crippen molar-refractivity contribution in [1.82, 2.24) is 10.6 Å². The van der Waals surface area contributed by atoms with E-state index in [9.17, 15) is 14.0 Å². The summed E-state index contributed by atoms with van der Waals surface area (Å²) in [6.07, 6.45) is 1.21. The van der Waals surface area contributed by atoms with Crippen molar-refractivity contribution in [2.75, 3.05) is 0 Å². The third-order valence-electron chi connectivity index (χ3n) is 4.25. The van der Waals surface area contributed by atoms with Crippen molar-refractivity contribution in [3.63, 3.8) is 0 Å². The Bertz CT molecular complexity index is 1050. The normalized spacial score (nSPS) is 10.2. The Balaban J connectivity index is 1.55. The second-order valence-electron chi connectivity index (χ2n) is 6.51. The standard InChI is InChI=1S/C24H21FN2O3/c1-2-23(28)26-15-17-9-11-19(12-10-17)24(29)27-16-18-5-3-7-21(13-18)30-22-8-4-6-20(25)14-22/h2-14H,1,15-16H2,(H,26,28)(H,27,29). The fraction of sp³-hybridized carbons (Fsp3) is 0.0833. The summed E-state index contributed by atoms with van der Waals surface area (Å²) in [5.41, 5.74) is 2.24. The molecule has 0 saturated carbocycles. The number of halogens is 1. The quantitative estimate of drug-likeness (QED) is 0.549.